The molecule has 1 aromatic heterocycles. The molecular weight excluding hydrogens is 408 g/mol. The summed E-state index contributed by atoms with van der Waals surface area (Å²) < 4.78 is 2.59. The number of amides is 1. The molecule has 3 aromatic rings. The van der Waals surface area contributed by atoms with E-state index in [4.69, 9.17) is 0 Å². The first-order valence-electron chi connectivity index (χ1n) is 8.67. The van der Waals surface area contributed by atoms with Crippen molar-refractivity contribution in [2.75, 3.05) is 11.9 Å². The minimum atomic E-state index is -0.417. The zero-order chi connectivity index (χ0) is 19.6. The minimum absolute atomic E-state index is 0.00395. The lowest BCUT2D eigenvalue weighted by atomic mass is 10.1. The third-order valence-electron chi connectivity index (χ3n) is 4.50. The van der Waals surface area contributed by atoms with Gasteiger partial charge in [-0.25, -0.2) is 0 Å². The Balaban J connectivity index is 1.79. The van der Waals surface area contributed by atoms with E-state index in [0.29, 0.717) is 12.2 Å². The smallest absolute Gasteiger partial charge is 0.283 e. The summed E-state index contributed by atoms with van der Waals surface area (Å²) in [6.07, 6.45) is 0. The number of anilines is 1. The third-order valence-corrected chi connectivity index (χ3v) is 4.99. The van der Waals surface area contributed by atoms with Crippen LogP contribution in [-0.4, -0.2) is 22.1 Å². The average Bonchev–Trinajstić information content (AvgIpc) is 2.91. The average molecular weight is 429 g/mol. The van der Waals surface area contributed by atoms with E-state index in [1.807, 2.05) is 57.2 Å². The fraction of sp³-hybridized carbons (Fsp3) is 0.250. The summed E-state index contributed by atoms with van der Waals surface area (Å²) in [5.41, 5.74) is 4.34. The zero-order valence-corrected chi connectivity index (χ0v) is 17.0. The van der Waals surface area contributed by atoms with Gasteiger partial charge in [-0.15, -0.1) is 10.2 Å². The largest absolute Gasteiger partial charge is 0.493 e. The number of rotatable bonds is 5. The zero-order valence-electron chi connectivity index (χ0n) is 15.5. The number of halogens is 1. The van der Waals surface area contributed by atoms with Crippen LogP contribution in [0.2, 0.25) is 0 Å². The maximum Gasteiger partial charge on any atom is 0.283 e. The molecule has 2 N–H and O–H groups in total. The molecule has 0 aliphatic heterocycles. The van der Waals surface area contributed by atoms with E-state index >= 15 is 0 Å². The van der Waals surface area contributed by atoms with Gasteiger partial charge in [0.2, 0.25) is 5.88 Å². The second-order valence-electron chi connectivity index (χ2n) is 6.32. The molecule has 0 bridgehead atoms. The van der Waals surface area contributed by atoms with Gasteiger partial charge in [0.05, 0.1) is 12.1 Å². The SMILES string of the molecule is CCn1c(O)c(N=NC(=O)CNc2ccc(C)c(C)c2)c2cc(Br)ccc21. The summed E-state index contributed by atoms with van der Waals surface area (Å²) >= 11 is 3.42. The van der Waals surface area contributed by atoms with Gasteiger partial charge < -0.3 is 15.0 Å². The maximum absolute atomic E-state index is 12.1. The lowest BCUT2D eigenvalue weighted by Crippen LogP contribution is -2.11. The van der Waals surface area contributed by atoms with Gasteiger partial charge in [0.1, 0.15) is 0 Å². The van der Waals surface area contributed by atoms with E-state index in [1.165, 1.54) is 5.56 Å². The van der Waals surface area contributed by atoms with Gasteiger partial charge >= 0.3 is 0 Å². The predicted molar refractivity (Wildman–Crippen MR) is 111 cm³/mol. The van der Waals surface area contributed by atoms with Crippen molar-refractivity contribution in [3.05, 3.63) is 52.0 Å². The van der Waals surface area contributed by atoms with Crippen LogP contribution in [0.3, 0.4) is 0 Å². The van der Waals surface area contributed by atoms with Crippen LogP contribution in [0.4, 0.5) is 11.4 Å². The van der Waals surface area contributed by atoms with Crippen molar-refractivity contribution in [2.45, 2.75) is 27.3 Å². The molecule has 0 aliphatic carbocycles. The van der Waals surface area contributed by atoms with Gasteiger partial charge in [-0.2, -0.15) is 0 Å². The van der Waals surface area contributed by atoms with Gasteiger partial charge in [-0.3, -0.25) is 4.79 Å². The molecule has 1 heterocycles. The summed E-state index contributed by atoms with van der Waals surface area (Å²) in [7, 11) is 0. The highest BCUT2D eigenvalue weighted by Crippen LogP contribution is 2.39. The van der Waals surface area contributed by atoms with Gasteiger partial charge in [0.25, 0.3) is 5.91 Å². The second kappa shape index (κ2) is 7.92. The third kappa shape index (κ3) is 4.03. The van der Waals surface area contributed by atoms with Crippen LogP contribution < -0.4 is 5.32 Å². The molecule has 0 unspecified atom stereocenters. The fourth-order valence-corrected chi connectivity index (χ4v) is 3.25. The van der Waals surface area contributed by atoms with Crippen LogP contribution in [0, 0.1) is 13.8 Å². The Labute approximate surface area is 166 Å². The Morgan fingerprint density at radius 1 is 1.19 bits per heavy atom. The first-order valence-corrected chi connectivity index (χ1v) is 9.46. The predicted octanol–water partition coefficient (Wildman–Crippen LogP) is 5.47. The molecule has 1 amide bonds. The number of hydrogen-bond donors (Lipinski definition) is 2. The van der Waals surface area contributed by atoms with E-state index < -0.39 is 5.91 Å². The molecule has 0 spiro atoms. The molecule has 0 radical (unpaired) electrons. The monoisotopic (exact) mass is 428 g/mol. The first kappa shape index (κ1) is 19.1. The quantitative estimate of drug-likeness (QED) is 0.528. The highest BCUT2D eigenvalue weighted by Gasteiger charge is 2.16. The lowest BCUT2D eigenvalue weighted by Gasteiger charge is -2.06. The van der Waals surface area contributed by atoms with E-state index in [9.17, 15) is 9.90 Å². The summed E-state index contributed by atoms with van der Waals surface area (Å²) in [6, 6.07) is 11.5. The van der Waals surface area contributed by atoms with Crippen molar-refractivity contribution in [2.24, 2.45) is 10.2 Å². The van der Waals surface area contributed by atoms with Gasteiger partial charge in [0, 0.05) is 22.1 Å². The van der Waals surface area contributed by atoms with Crippen LogP contribution in [-0.2, 0) is 11.3 Å². The van der Waals surface area contributed by atoms with Crippen molar-refractivity contribution in [3.8, 4) is 5.88 Å². The topological polar surface area (TPSA) is 79.0 Å². The Kier molecular flexibility index (Phi) is 5.60. The summed E-state index contributed by atoms with van der Waals surface area (Å²) in [6.45, 7) is 6.61. The molecule has 6 nitrogen and oxygen atoms in total. The van der Waals surface area contributed by atoms with Crippen LogP contribution in [0.15, 0.2) is 51.1 Å². The summed E-state index contributed by atoms with van der Waals surface area (Å²) in [5, 5.41) is 22.0. The second-order valence-corrected chi connectivity index (χ2v) is 7.24. The van der Waals surface area contributed by atoms with Crippen LogP contribution in [0.5, 0.6) is 5.88 Å². The van der Waals surface area contributed by atoms with Gasteiger partial charge in [-0.1, -0.05) is 22.0 Å². The number of nitrogens with zero attached hydrogens (tertiary/aromatic N) is 3. The molecular formula is C20H21BrN4O2. The van der Waals surface area contributed by atoms with Crippen molar-refractivity contribution >= 4 is 44.1 Å². The first-order chi connectivity index (χ1) is 12.9. The minimum Gasteiger partial charge on any atom is -0.493 e. The number of aryl methyl sites for hydroxylation is 3. The van der Waals surface area contributed by atoms with E-state index in [2.05, 4.69) is 31.5 Å². The molecule has 0 saturated heterocycles. The molecule has 2 aromatic carbocycles. The van der Waals surface area contributed by atoms with Crippen LogP contribution >= 0.6 is 15.9 Å². The Morgan fingerprint density at radius 2 is 1.96 bits per heavy atom. The number of aromatic nitrogens is 1. The van der Waals surface area contributed by atoms with Gasteiger partial charge in [0.15, 0.2) is 5.69 Å². The van der Waals surface area contributed by atoms with E-state index in [1.54, 1.807) is 4.57 Å². The number of carbonyl (C=O) groups excluding carboxylic acids is 1. The molecule has 0 saturated carbocycles. The van der Waals surface area contributed by atoms with Crippen LogP contribution in [0.1, 0.15) is 18.1 Å². The number of carbonyl (C=O) groups is 1. The highest BCUT2D eigenvalue weighted by molar-refractivity contribution is 9.10. The van der Waals surface area contributed by atoms with Crippen molar-refractivity contribution < 1.29 is 9.90 Å². The van der Waals surface area contributed by atoms with Crippen molar-refractivity contribution in [1.29, 1.82) is 0 Å². The van der Waals surface area contributed by atoms with E-state index in [-0.39, 0.29) is 12.4 Å². The normalized spacial score (nSPS) is 11.4. The number of nitrogens with one attached hydrogen (secondary N) is 1. The van der Waals surface area contributed by atoms with Crippen molar-refractivity contribution in [3.63, 3.8) is 0 Å². The fourth-order valence-electron chi connectivity index (χ4n) is 2.88. The molecule has 3 rings (SSSR count). The molecule has 7 heteroatoms. The number of aromatic hydroxyl groups is 1. The van der Waals surface area contributed by atoms with Crippen LogP contribution in [0.25, 0.3) is 10.9 Å². The molecule has 140 valence electrons. The number of fused-ring (bicyclic) bond motifs is 1. The summed E-state index contributed by atoms with van der Waals surface area (Å²) in [5.74, 6) is -0.413. The van der Waals surface area contributed by atoms with Crippen molar-refractivity contribution in [1.82, 2.24) is 4.57 Å². The molecule has 27 heavy (non-hydrogen) atoms. The van der Waals surface area contributed by atoms with Gasteiger partial charge in [-0.05, 0) is 62.2 Å². The Morgan fingerprint density at radius 3 is 2.67 bits per heavy atom. The van der Waals surface area contributed by atoms with E-state index in [0.717, 1.165) is 26.6 Å². The lowest BCUT2D eigenvalue weighted by molar-refractivity contribution is -0.116. The molecule has 0 aliphatic rings. The summed E-state index contributed by atoms with van der Waals surface area (Å²) in [4.78, 5) is 12.1. The number of benzene rings is 2. The molecule has 0 fully saturated rings. The Hall–Kier alpha value is -2.67. The Bertz CT molecular complexity index is 1040. The number of azo groups is 1. The number of hydrogen-bond acceptors (Lipinski definition) is 4. The molecule has 0 atom stereocenters. The standard InChI is InChI=1S/C20H21BrN4O2/c1-4-25-17-8-6-14(21)10-16(17)19(20(25)27)24-23-18(26)11-22-15-7-5-12(2)13(3)9-15/h5-10,22,27H,4,11H2,1-3H3. The highest BCUT2D eigenvalue weighted by atomic mass is 79.9. The maximum atomic E-state index is 12.1.